The van der Waals surface area contributed by atoms with Crippen LogP contribution in [0.1, 0.15) is 55.7 Å². The molecule has 0 spiro atoms. The van der Waals surface area contributed by atoms with Crippen LogP contribution in [-0.4, -0.2) is 46.5 Å². The number of amides is 3. The number of carbonyl (C=O) groups is 3. The topological polar surface area (TPSA) is 161 Å². The summed E-state index contributed by atoms with van der Waals surface area (Å²) in [5.74, 6) is -1.88. The largest absolute Gasteiger partial charge is 0.508 e. The Balaban J connectivity index is 1.84. The zero-order valence-electron chi connectivity index (χ0n) is 20.6. The first-order chi connectivity index (χ1) is 17.7. The molecule has 11 heteroatoms. The number of ether oxygens (including phenoxy) is 1. The molecule has 4 rings (SSSR count). The molecule has 194 valence electrons. The van der Waals surface area contributed by atoms with Gasteiger partial charge in [-0.2, -0.15) is 4.37 Å². The van der Waals surface area contributed by atoms with Crippen LogP contribution < -0.4 is 21.7 Å². The number of rotatable bonds is 8. The summed E-state index contributed by atoms with van der Waals surface area (Å²) in [5.41, 5.74) is 13.7. The SMILES string of the molecule is Cc1ccc(C)c(N(C(=O)c2snc(C(N)=O)c2N)[C@H](C(=O)NC[C@@H]2CCCO2)c2ccc(O)cc2)c1. The lowest BCUT2D eigenvalue weighted by atomic mass is 10.00. The number of aromatic nitrogens is 1. The summed E-state index contributed by atoms with van der Waals surface area (Å²) in [5, 5.41) is 12.8. The van der Waals surface area contributed by atoms with Crippen LogP contribution in [0.2, 0.25) is 0 Å². The van der Waals surface area contributed by atoms with E-state index in [1.165, 1.54) is 17.0 Å². The van der Waals surface area contributed by atoms with E-state index in [4.69, 9.17) is 16.2 Å². The molecule has 1 fully saturated rings. The molecule has 1 aliphatic heterocycles. The quantitative estimate of drug-likeness (QED) is 0.353. The maximum atomic E-state index is 14.1. The van der Waals surface area contributed by atoms with Gasteiger partial charge in [0.25, 0.3) is 11.8 Å². The van der Waals surface area contributed by atoms with E-state index in [-0.39, 0.29) is 34.7 Å². The van der Waals surface area contributed by atoms with Crippen LogP contribution >= 0.6 is 11.5 Å². The van der Waals surface area contributed by atoms with Gasteiger partial charge < -0.3 is 26.6 Å². The second-order valence-electron chi connectivity index (χ2n) is 8.98. The summed E-state index contributed by atoms with van der Waals surface area (Å²) in [4.78, 5) is 41.0. The van der Waals surface area contributed by atoms with Crippen LogP contribution in [0.3, 0.4) is 0 Å². The molecule has 0 bridgehead atoms. The molecule has 3 amide bonds. The number of hydrogen-bond donors (Lipinski definition) is 4. The van der Waals surface area contributed by atoms with Crippen molar-refractivity contribution in [3.05, 3.63) is 69.7 Å². The summed E-state index contributed by atoms with van der Waals surface area (Å²) in [7, 11) is 0. The van der Waals surface area contributed by atoms with Gasteiger partial charge >= 0.3 is 0 Å². The summed E-state index contributed by atoms with van der Waals surface area (Å²) in [6, 6.07) is 10.5. The van der Waals surface area contributed by atoms with Crippen molar-refractivity contribution >= 4 is 40.6 Å². The molecule has 1 aromatic heterocycles. The second kappa shape index (κ2) is 11.0. The fourth-order valence-electron chi connectivity index (χ4n) is 4.27. The minimum atomic E-state index is -1.13. The Labute approximate surface area is 218 Å². The molecule has 0 saturated carbocycles. The van der Waals surface area contributed by atoms with E-state index in [1.54, 1.807) is 18.2 Å². The van der Waals surface area contributed by atoms with Crippen molar-refractivity contribution in [2.24, 2.45) is 5.73 Å². The van der Waals surface area contributed by atoms with Crippen LogP contribution in [0.4, 0.5) is 11.4 Å². The molecule has 6 N–H and O–H groups in total. The lowest BCUT2D eigenvalue weighted by Crippen LogP contribution is -2.46. The highest BCUT2D eigenvalue weighted by Crippen LogP contribution is 2.35. The standard InChI is InChI=1S/C26H29N5O5S/c1-14-5-6-15(2)19(12-14)31(26(35)23-20(27)21(24(28)33)30-37-23)22(16-7-9-17(32)10-8-16)25(34)29-13-18-4-3-11-36-18/h5-10,12,18,22,32H,3-4,11,13,27H2,1-2H3,(H2,28,33)(H,29,34)/t18-,22-/m0/s1. The molecular weight excluding hydrogens is 494 g/mol. The molecule has 2 aromatic carbocycles. The number of anilines is 2. The number of nitrogens with one attached hydrogen (secondary N) is 1. The number of primary amides is 1. The molecule has 1 saturated heterocycles. The Kier molecular flexibility index (Phi) is 7.74. The molecule has 0 aliphatic carbocycles. The Morgan fingerprint density at radius 1 is 1.22 bits per heavy atom. The van der Waals surface area contributed by atoms with Gasteiger partial charge in [0.2, 0.25) is 5.91 Å². The smallest absolute Gasteiger partial charge is 0.273 e. The number of benzene rings is 2. The third-order valence-corrected chi connectivity index (χ3v) is 7.09. The number of phenolic OH excluding ortho intramolecular Hbond substituents is 1. The molecular formula is C26H29N5O5S. The van der Waals surface area contributed by atoms with Gasteiger partial charge in [0.15, 0.2) is 5.69 Å². The van der Waals surface area contributed by atoms with Gasteiger partial charge in [-0.15, -0.1) is 0 Å². The van der Waals surface area contributed by atoms with Gasteiger partial charge in [-0.3, -0.25) is 19.3 Å². The summed E-state index contributed by atoms with van der Waals surface area (Å²) >= 11 is 0.747. The average Bonchev–Trinajstić information content (AvgIpc) is 3.53. The van der Waals surface area contributed by atoms with Crippen molar-refractivity contribution < 1.29 is 24.2 Å². The van der Waals surface area contributed by atoms with Crippen molar-refractivity contribution in [1.82, 2.24) is 9.69 Å². The molecule has 3 aromatic rings. The molecule has 37 heavy (non-hydrogen) atoms. The van der Waals surface area contributed by atoms with Crippen LogP contribution in [0.5, 0.6) is 5.75 Å². The van der Waals surface area contributed by atoms with Crippen LogP contribution in [0, 0.1) is 13.8 Å². The van der Waals surface area contributed by atoms with Gasteiger partial charge in [0, 0.05) is 18.8 Å². The highest BCUT2D eigenvalue weighted by Gasteiger charge is 2.37. The number of nitrogens with zero attached hydrogens (tertiary/aromatic N) is 2. The first kappa shape index (κ1) is 26.1. The molecule has 0 unspecified atom stereocenters. The number of phenols is 1. The fraction of sp³-hybridized carbons (Fsp3) is 0.308. The number of aromatic hydroxyl groups is 1. The number of hydrogen-bond acceptors (Lipinski definition) is 8. The van der Waals surface area contributed by atoms with Gasteiger partial charge in [-0.1, -0.05) is 24.3 Å². The van der Waals surface area contributed by atoms with Gasteiger partial charge in [0.05, 0.1) is 11.8 Å². The number of aryl methyl sites for hydroxylation is 2. The van der Waals surface area contributed by atoms with Crippen molar-refractivity contribution in [3.8, 4) is 5.75 Å². The van der Waals surface area contributed by atoms with Crippen molar-refractivity contribution in [2.75, 3.05) is 23.8 Å². The third-order valence-electron chi connectivity index (χ3n) is 6.24. The number of carbonyl (C=O) groups excluding carboxylic acids is 3. The molecule has 0 radical (unpaired) electrons. The fourth-order valence-corrected chi connectivity index (χ4v) is 5.02. The summed E-state index contributed by atoms with van der Waals surface area (Å²) < 4.78 is 9.62. The maximum Gasteiger partial charge on any atom is 0.273 e. The van der Waals surface area contributed by atoms with E-state index in [0.717, 1.165) is 35.5 Å². The Morgan fingerprint density at radius 2 is 1.95 bits per heavy atom. The Hall–Kier alpha value is -3.96. The van der Waals surface area contributed by atoms with E-state index in [0.29, 0.717) is 17.9 Å². The lowest BCUT2D eigenvalue weighted by Gasteiger charge is -2.33. The number of nitrogen functional groups attached to an aromatic ring is 1. The highest BCUT2D eigenvalue weighted by atomic mass is 32.1. The number of nitrogens with two attached hydrogens (primary N) is 2. The minimum Gasteiger partial charge on any atom is -0.508 e. The summed E-state index contributed by atoms with van der Waals surface area (Å²) in [6.07, 6.45) is 1.64. The molecule has 10 nitrogen and oxygen atoms in total. The van der Waals surface area contributed by atoms with E-state index >= 15 is 0 Å². The highest BCUT2D eigenvalue weighted by molar-refractivity contribution is 7.09. The van der Waals surface area contributed by atoms with E-state index < -0.39 is 23.8 Å². The molecule has 1 aliphatic rings. The Morgan fingerprint density at radius 3 is 2.57 bits per heavy atom. The zero-order valence-corrected chi connectivity index (χ0v) is 21.4. The van der Waals surface area contributed by atoms with Crippen LogP contribution in [0.15, 0.2) is 42.5 Å². The third kappa shape index (κ3) is 5.57. The Bertz CT molecular complexity index is 1320. The zero-order chi connectivity index (χ0) is 26.7. The van der Waals surface area contributed by atoms with Gasteiger partial charge in [0.1, 0.15) is 16.7 Å². The maximum absolute atomic E-state index is 14.1. The van der Waals surface area contributed by atoms with Gasteiger partial charge in [-0.05, 0) is 73.1 Å². The lowest BCUT2D eigenvalue weighted by molar-refractivity contribution is -0.123. The van der Waals surface area contributed by atoms with Crippen molar-refractivity contribution in [1.29, 1.82) is 0 Å². The predicted molar refractivity (Wildman–Crippen MR) is 141 cm³/mol. The minimum absolute atomic E-state index is 0.00888. The van der Waals surface area contributed by atoms with E-state index in [9.17, 15) is 19.5 Å². The first-order valence-electron chi connectivity index (χ1n) is 11.8. The van der Waals surface area contributed by atoms with Crippen LogP contribution in [-0.2, 0) is 9.53 Å². The summed E-state index contributed by atoms with van der Waals surface area (Å²) in [6.45, 7) is 4.64. The van der Waals surface area contributed by atoms with E-state index in [1.807, 2.05) is 26.0 Å². The predicted octanol–water partition coefficient (Wildman–Crippen LogP) is 2.83. The van der Waals surface area contributed by atoms with Gasteiger partial charge in [-0.25, -0.2) is 0 Å². The normalized spacial score (nSPS) is 15.8. The van der Waals surface area contributed by atoms with E-state index in [2.05, 4.69) is 9.69 Å². The van der Waals surface area contributed by atoms with Crippen molar-refractivity contribution in [2.45, 2.75) is 38.8 Å². The molecule has 2 heterocycles. The monoisotopic (exact) mass is 523 g/mol. The first-order valence-corrected chi connectivity index (χ1v) is 12.6. The van der Waals surface area contributed by atoms with Crippen molar-refractivity contribution in [3.63, 3.8) is 0 Å². The van der Waals surface area contributed by atoms with Crippen LogP contribution in [0.25, 0.3) is 0 Å². The molecule has 2 atom stereocenters. The average molecular weight is 524 g/mol. The second-order valence-corrected chi connectivity index (χ2v) is 9.75.